The fourth-order valence-electron chi connectivity index (χ4n) is 2.33. The Bertz CT molecular complexity index is 483. The Morgan fingerprint density at radius 2 is 1.88 bits per heavy atom. The van der Waals surface area contributed by atoms with E-state index in [1.165, 1.54) is 18.4 Å². The Labute approximate surface area is 94.4 Å². The van der Waals surface area contributed by atoms with Gasteiger partial charge in [-0.25, -0.2) is 12.8 Å². The fraction of sp³-hybridized carbons (Fsp3) is 0.455. The minimum Gasteiger partial charge on any atom is -0.330 e. The van der Waals surface area contributed by atoms with Crippen LogP contribution >= 0.6 is 0 Å². The average molecular weight is 243 g/mol. The molecule has 0 unspecified atom stereocenters. The van der Waals surface area contributed by atoms with Crippen LogP contribution in [0.5, 0.6) is 0 Å². The molecule has 0 aliphatic heterocycles. The molecule has 88 valence electrons. The highest BCUT2D eigenvalue weighted by molar-refractivity contribution is 7.91. The van der Waals surface area contributed by atoms with Gasteiger partial charge >= 0.3 is 0 Å². The number of nitrogens with two attached hydrogens (primary N) is 1. The van der Waals surface area contributed by atoms with Crippen LogP contribution in [0.1, 0.15) is 11.5 Å². The zero-order valence-electron chi connectivity index (χ0n) is 8.93. The third kappa shape index (κ3) is 1.97. The van der Waals surface area contributed by atoms with Crippen LogP contribution in [0.15, 0.2) is 24.3 Å². The summed E-state index contributed by atoms with van der Waals surface area (Å²) in [6.45, 7) is 0.347. The molecule has 1 aliphatic carbocycles. The Kier molecular flexibility index (Phi) is 2.75. The van der Waals surface area contributed by atoms with E-state index in [4.69, 9.17) is 5.73 Å². The van der Waals surface area contributed by atoms with Gasteiger partial charge in [-0.15, -0.1) is 0 Å². The first kappa shape index (κ1) is 11.5. The maximum absolute atomic E-state index is 12.7. The lowest BCUT2D eigenvalue weighted by atomic mass is 10.1. The molecule has 1 aromatic rings. The predicted molar refractivity (Wildman–Crippen MR) is 60.3 cm³/mol. The second-order valence-electron chi connectivity index (χ2n) is 4.27. The largest absolute Gasteiger partial charge is 0.330 e. The highest BCUT2D eigenvalue weighted by Gasteiger charge is 2.55. The molecule has 2 rings (SSSR count). The molecule has 3 nitrogen and oxygen atoms in total. The van der Waals surface area contributed by atoms with Crippen LogP contribution < -0.4 is 5.73 Å². The Morgan fingerprint density at radius 3 is 2.25 bits per heavy atom. The number of benzene rings is 1. The van der Waals surface area contributed by atoms with E-state index in [9.17, 15) is 12.8 Å². The van der Waals surface area contributed by atoms with Crippen molar-refractivity contribution < 1.29 is 12.8 Å². The summed E-state index contributed by atoms with van der Waals surface area (Å²) in [5.41, 5.74) is 6.39. The lowest BCUT2D eigenvalue weighted by Crippen LogP contribution is -2.11. The summed E-state index contributed by atoms with van der Waals surface area (Å²) < 4.78 is 35.7. The van der Waals surface area contributed by atoms with Gasteiger partial charge < -0.3 is 5.73 Å². The summed E-state index contributed by atoms with van der Waals surface area (Å²) in [6.07, 6.45) is 1.23. The first-order valence-electron chi connectivity index (χ1n) is 5.09. The molecule has 5 heteroatoms. The third-order valence-electron chi connectivity index (χ3n) is 3.12. The predicted octanol–water partition coefficient (Wildman–Crippen LogP) is 0.911. The minimum atomic E-state index is -3.07. The first-order valence-corrected chi connectivity index (χ1v) is 7.05. The van der Waals surface area contributed by atoms with Crippen molar-refractivity contribution in [3.8, 4) is 0 Å². The molecule has 1 aliphatic rings. The maximum atomic E-state index is 12.7. The number of rotatable bonds is 3. The Balaban J connectivity index is 2.27. The number of halogens is 1. The molecule has 0 amide bonds. The van der Waals surface area contributed by atoms with E-state index in [0.29, 0.717) is 6.54 Å². The quantitative estimate of drug-likeness (QED) is 0.858. The van der Waals surface area contributed by atoms with Crippen LogP contribution in [0.3, 0.4) is 0 Å². The zero-order chi connectivity index (χ0) is 11.9. The maximum Gasteiger partial charge on any atom is 0.151 e. The summed E-state index contributed by atoms with van der Waals surface area (Å²) >= 11 is 0. The highest BCUT2D eigenvalue weighted by Crippen LogP contribution is 2.51. The van der Waals surface area contributed by atoms with Gasteiger partial charge in [0.2, 0.25) is 0 Å². The lowest BCUT2D eigenvalue weighted by molar-refractivity contribution is 0.597. The second-order valence-corrected chi connectivity index (χ2v) is 6.47. The van der Waals surface area contributed by atoms with Gasteiger partial charge in [0.25, 0.3) is 0 Å². The molecule has 1 saturated carbocycles. The van der Waals surface area contributed by atoms with Crippen LogP contribution in [-0.4, -0.2) is 26.5 Å². The fourth-order valence-corrected chi connectivity index (χ4v) is 4.05. The molecule has 0 bridgehead atoms. The molecule has 0 radical (unpaired) electrons. The van der Waals surface area contributed by atoms with E-state index in [0.717, 1.165) is 5.56 Å². The van der Waals surface area contributed by atoms with Crippen LogP contribution in [0.25, 0.3) is 0 Å². The lowest BCUT2D eigenvalue weighted by Gasteiger charge is -1.98. The molecule has 3 atom stereocenters. The first-order chi connectivity index (χ1) is 7.45. The second kappa shape index (κ2) is 3.82. The van der Waals surface area contributed by atoms with Crippen molar-refractivity contribution in [2.75, 3.05) is 12.8 Å². The van der Waals surface area contributed by atoms with Gasteiger partial charge in [0, 0.05) is 12.2 Å². The molecule has 1 aromatic carbocycles. The van der Waals surface area contributed by atoms with Crippen molar-refractivity contribution in [3.63, 3.8) is 0 Å². The molecule has 16 heavy (non-hydrogen) atoms. The summed E-state index contributed by atoms with van der Waals surface area (Å²) in [7, 11) is -3.07. The van der Waals surface area contributed by atoms with E-state index in [1.54, 1.807) is 12.1 Å². The van der Waals surface area contributed by atoms with Gasteiger partial charge in [-0.05, 0) is 30.2 Å². The van der Waals surface area contributed by atoms with Crippen LogP contribution in [-0.2, 0) is 9.84 Å². The average Bonchev–Trinajstić information content (AvgIpc) is 2.92. The molecule has 0 spiro atoms. The Morgan fingerprint density at radius 1 is 1.31 bits per heavy atom. The molecular weight excluding hydrogens is 229 g/mol. The third-order valence-corrected chi connectivity index (χ3v) is 4.75. The van der Waals surface area contributed by atoms with Gasteiger partial charge in [0.15, 0.2) is 9.84 Å². The van der Waals surface area contributed by atoms with Crippen molar-refractivity contribution in [3.05, 3.63) is 35.6 Å². The smallest absolute Gasteiger partial charge is 0.151 e. The summed E-state index contributed by atoms with van der Waals surface area (Å²) in [5.74, 6) is -0.411. The molecule has 2 N–H and O–H groups in total. The SMILES string of the molecule is CS(=O)(=O)[C@H]1[C@@H](CN)[C@@H]1c1ccc(F)cc1. The van der Waals surface area contributed by atoms with E-state index >= 15 is 0 Å². The Hall–Kier alpha value is -0.940. The van der Waals surface area contributed by atoms with Crippen LogP contribution in [0.4, 0.5) is 4.39 Å². The summed E-state index contributed by atoms with van der Waals surface area (Å²) in [5, 5.41) is -0.400. The van der Waals surface area contributed by atoms with Crippen molar-refractivity contribution in [2.45, 2.75) is 11.2 Å². The van der Waals surface area contributed by atoms with Gasteiger partial charge in [-0.3, -0.25) is 0 Å². The van der Waals surface area contributed by atoms with Gasteiger partial charge in [-0.1, -0.05) is 12.1 Å². The van der Waals surface area contributed by atoms with Gasteiger partial charge in [0.1, 0.15) is 5.82 Å². The van der Waals surface area contributed by atoms with Crippen molar-refractivity contribution in [1.82, 2.24) is 0 Å². The minimum absolute atomic E-state index is 0.0274. The molecule has 1 fully saturated rings. The number of hydrogen-bond donors (Lipinski definition) is 1. The zero-order valence-corrected chi connectivity index (χ0v) is 9.75. The van der Waals surface area contributed by atoms with E-state index in [-0.39, 0.29) is 17.7 Å². The molecular formula is C11H14FNO2S. The topological polar surface area (TPSA) is 60.2 Å². The highest BCUT2D eigenvalue weighted by atomic mass is 32.2. The molecule has 0 heterocycles. The summed E-state index contributed by atoms with van der Waals surface area (Å²) in [6, 6.07) is 5.96. The van der Waals surface area contributed by atoms with Crippen molar-refractivity contribution >= 4 is 9.84 Å². The van der Waals surface area contributed by atoms with Crippen molar-refractivity contribution in [1.29, 1.82) is 0 Å². The van der Waals surface area contributed by atoms with Crippen molar-refractivity contribution in [2.24, 2.45) is 11.7 Å². The van der Waals surface area contributed by atoms with Crippen LogP contribution in [0, 0.1) is 11.7 Å². The van der Waals surface area contributed by atoms with E-state index < -0.39 is 15.1 Å². The molecule has 0 saturated heterocycles. The monoisotopic (exact) mass is 243 g/mol. The van der Waals surface area contributed by atoms with E-state index in [1.807, 2.05) is 0 Å². The molecule has 0 aromatic heterocycles. The number of sulfone groups is 1. The normalized spacial score (nSPS) is 29.1. The van der Waals surface area contributed by atoms with Gasteiger partial charge in [0.05, 0.1) is 5.25 Å². The standard InChI is InChI=1S/C11H14FNO2S/c1-16(14,15)11-9(6-13)10(11)7-2-4-8(12)5-3-7/h2-5,9-11H,6,13H2,1H3/t9-,10-,11-/m0/s1. The van der Waals surface area contributed by atoms with E-state index in [2.05, 4.69) is 0 Å². The van der Waals surface area contributed by atoms with Crippen LogP contribution in [0.2, 0.25) is 0 Å². The summed E-state index contributed by atoms with van der Waals surface area (Å²) in [4.78, 5) is 0. The van der Waals surface area contributed by atoms with Gasteiger partial charge in [-0.2, -0.15) is 0 Å². The number of hydrogen-bond acceptors (Lipinski definition) is 3.